The van der Waals surface area contributed by atoms with Crippen LogP contribution < -0.4 is 9.47 Å². The molecule has 0 spiro atoms. The number of ether oxygens (including phenoxy) is 3. The Hall–Kier alpha value is -3.00. The van der Waals surface area contributed by atoms with Crippen molar-refractivity contribution in [3.63, 3.8) is 0 Å². The van der Waals surface area contributed by atoms with Gasteiger partial charge in [0.2, 0.25) is 0 Å². The Kier molecular flexibility index (Phi) is 7.00. The molecule has 0 saturated carbocycles. The zero-order valence-corrected chi connectivity index (χ0v) is 12.4. The van der Waals surface area contributed by atoms with Crippen molar-refractivity contribution in [2.45, 2.75) is 0 Å². The molecular formula is C17H17NO4. The fraction of sp³-hybridized carbons (Fsp3) is 0.176. The van der Waals surface area contributed by atoms with Crippen molar-refractivity contribution in [2.24, 2.45) is 0 Å². The first-order valence-electron chi connectivity index (χ1n) is 6.47. The van der Waals surface area contributed by atoms with Crippen molar-refractivity contribution in [1.82, 2.24) is 0 Å². The second kappa shape index (κ2) is 9.03. The monoisotopic (exact) mass is 299 g/mol. The summed E-state index contributed by atoms with van der Waals surface area (Å²) >= 11 is 0. The Morgan fingerprint density at radius 3 is 2.59 bits per heavy atom. The second-order valence-electron chi connectivity index (χ2n) is 4.07. The zero-order valence-electron chi connectivity index (χ0n) is 12.4. The first kappa shape index (κ1) is 17.1. The number of hydrogen-bond acceptors (Lipinski definition) is 5. The lowest BCUT2D eigenvalue weighted by molar-refractivity contribution is -0.137. The smallest absolute Gasteiger partial charge is 0.349 e. The van der Waals surface area contributed by atoms with Crippen LogP contribution in [-0.4, -0.2) is 26.3 Å². The summed E-state index contributed by atoms with van der Waals surface area (Å²) in [5, 5.41) is 9.04. The molecule has 5 heteroatoms. The molecule has 0 N–H and O–H groups in total. The number of rotatable bonds is 8. The predicted octanol–water partition coefficient (Wildman–Crippen LogP) is 2.90. The molecule has 0 unspecified atom stereocenters. The van der Waals surface area contributed by atoms with Crippen molar-refractivity contribution in [2.75, 3.05) is 20.3 Å². The highest BCUT2D eigenvalue weighted by atomic mass is 16.5. The third-order valence-corrected chi connectivity index (χ3v) is 2.53. The van der Waals surface area contributed by atoms with Gasteiger partial charge in [0, 0.05) is 0 Å². The van der Waals surface area contributed by atoms with Gasteiger partial charge in [-0.25, -0.2) is 4.79 Å². The lowest BCUT2D eigenvalue weighted by Gasteiger charge is -2.10. The first-order valence-corrected chi connectivity index (χ1v) is 6.47. The summed E-state index contributed by atoms with van der Waals surface area (Å²) < 4.78 is 15.5. The van der Waals surface area contributed by atoms with Crippen LogP contribution >= 0.6 is 0 Å². The topological polar surface area (TPSA) is 68.6 Å². The van der Waals surface area contributed by atoms with Crippen LogP contribution in [0.25, 0.3) is 6.08 Å². The summed E-state index contributed by atoms with van der Waals surface area (Å²) in [5.41, 5.74) is 0.513. The van der Waals surface area contributed by atoms with E-state index < -0.39 is 5.97 Å². The molecule has 0 aliphatic heterocycles. The molecule has 0 bridgehead atoms. The fourth-order valence-electron chi connectivity index (χ4n) is 1.56. The average molecular weight is 299 g/mol. The molecule has 5 nitrogen and oxygen atoms in total. The minimum Gasteiger partial charge on any atom is -0.493 e. The molecule has 1 aromatic rings. The molecule has 0 atom stereocenters. The Bertz CT molecular complexity index is 626. The highest BCUT2D eigenvalue weighted by Crippen LogP contribution is 2.29. The third-order valence-electron chi connectivity index (χ3n) is 2.53. The van der Waals surface area contributed by atoms with Gasteiger partial charge in [-0.2, -0.15) is 5.26 Å². The lowest BCUT2D eigenvalue weighted by atomic mass is 10.1. The van der Waals surface area contributed by atoms with Gasteiger partial charge in [-0.3, -0.25) is 0 Å². The number of esters is 1. The largest absolute Gasteiger partial charge is 0.493 e. The Morgan fingerprint density at radius 2 is 2.00 bits per heavy atom. The standard InChI is InChI=1S/C17H17NO4/c1-4-8-21-15-7-6-13(11-16(15)20-3)10-14(12-18)17(19)22-9-5-2/h4-7,10-11H,1-2,8-9H2,3H3. The maximum atomic E-state index is 11.7. The van der Waals surface area contributed by atoms with Crippen LogP contribution in [0.5, 0.6) is 11.5 Å². The highest BCUT2D eigenvalue weighted by molar-refractivity contribution is 5.98. The molecule has 0 saturated heterocycles. The van der Waals surface area contributed by atoms with Crippen LogP contribution in [-0.2, 0) is 9.53 Å². The second-order valence-corrected chi connectivity index (χ2v) is 4.07. The summed E-state index contributed by atoms with van der Waals surface area (Å²) in [6, 6.07) is 6.88. The van der Waals surface area contributed by atoms with E-state index in [9.17, 15) is 4.79 Å². The number of benzene rings is 1. The van der Waals surface area contributed by atoms with E-state index in [1.807, 2.05) is 6.07 Å². The Balaban J connectivity index is 3.02. The minimum absolute atomic E-state index is 0.0511. The van der Waals surface area contributed by atoms with Crippen molar-refractivity contribution >= 4 is 12.0 Å². The van der Waals surface area contributed by atoms with Gasteiger partial charge < -0.3 is 14.2 Å². The van der Waals surface area contributed by atoms with E-state index in [0.29, 0.717) is 23.7 Å². The normalized spacial score (nSPS) is 10.3. The quantitative estimate of drug-likeness (QED) is 0.319. The fourth-order valence-corrected chi connectivity index (χ4v) is 1.56. The molecule has 0 radical (unpaired) electrons. The van der Waals surface area contributed by atoms with E-state index in [2.05, 4.69) is 13.2 Å². The Morgan fingerprint density at radius 1 is 1.27 bits per heavy atom. The number of methoxy groups -OCH3 is 1. The summed E-state index contributed by atoms with van der Waals surface area (Å²) in [7, 11) is 1.51. The number of carbonyl (C=O) groups is 1. The molecule has 0 aliphatic carbocycles. The average Bonchev–Trinajstić information content (AvgIpc) is 2.55. The van der Waals surface area contributed by atoms with Gasteiger partial charge in [-0.05, 0) is 23.8 Å². The third kappa shape index (κ3) is 4.84. The molecule has 114 valence electrons. The predicted molar refractivity (Wildman–Crippen MR) is 83.4 cm³/mol. The minimum atomic E-state index is -0.701. The maximum Gasteiger partial charge on any atom is 0.349 e. The van der Waals surface area contributed by atoms with Crippen LogP contribution in [0.4, 0.5) is 0 Å². The van der Waals surface area contributed by atoms with Crippen molar-refractivity contribution in [1.29, 1.82) is 5.26 Å². The zero-order chi connectivity index (χ0) is 16.4. The van der Waals surface area contributed by atoms with Crippen LogP contribution in [0, 0.1) is 11.3 Å². The van der Waals surface area contributed by atoms with Crippen molar-refractivity contribution < 1.29 is 19.0 Å². The molecule has 0 aromatic heterocycles. The number of carbonyl (C=O) groups excluding carboxylic acids is 1. The van der Waals surface area contributed by atoms with Gasteiger partial charge in [0.15, 0.2) is 11.5 Å². The molecular weight excluding hydrogens is 282 g/mol. The van der Waals surface area contributed by atoms with Gasteiger partial charge in [0.25, 0.3) is 0 Å². The number of nitriles is 1. The van der Waals surface area contributed by atoms with Gasteiger partial charge in [0.05, 0.1) is 7.11 Å². The van der Waals surface area contributed by atoms with E-state index in [1.54, 1.807) is 24.3 Å². The van der Waals surface area contributed by atoms with Gasteiger partial charge in [-0.1, -0.05) is 31.4 Å². The van der Waals surface area contributed by atoms with E-state index in [1.165, 1.54) is 19.3 Å². The maximum absolute atomic E-state index is 11.7. The number of nitrogens with zero attached hydrogens (tertiary/aromatic N) is 1. The van der Waals surface area contributed by atoms with E-state index in [-0.39, 0.29) is 12.2 Å². The molecule has 0 aliphatic rings. The molecule has 0 amide bonds. The van der Waals surface area contributed by atoms with E-state index in [4.69, 9.17) is 19.5 Å². The van der Waals surface area contributed by atoms with Gasteiger partial charge in [-0.15, -0.1) is 0 Å². The Labute approximate surface area is 129 Å². The van der Waals surface area contributed by atoms with Gasteiger partial charge in [0.1, 0.15) is 24.9 Å². The van der Waals surface area contributed by atoms with Crippen LogP contribution in [0.1, 0.15) is 5.56 Å². The summed E-state index contributed by atoms with van der Waals surface area (Å²) in [6.45, 7) is 7.42. The molecule has 1 rings (SSSR count). The SMILES string of the molecule is C=CCOC(=O)C(C#N)=Cc1ccc(OCC=C)c(OC)c1. The van der Waals surface area contributed by atoms with Crippen LogP contribution in [0.15, 0.2) is 49.1 Å². The molecule has 0 fully saturated rings. The van der Waals surface area contributed by atoms with E-state index >= 15 is 0 Å². The van der Waals surface area contributed by atoms with Gasteiger partial charge >= 0.3 is 5.97 Å². The highest BCUT2D eigenvalue weighted by Gasteiger charge is 2.11. The van der Waals surface area contributed by atoms with Crippen molar-refractivity contribution in [3.05, 3.63) is 54.6 Å². The first-order chi connectivity index (χ1) is 10.7. The van der Waals surface area contributed by atoms with Crippen LogP contribution in [0.2, 0.25) is 0 Å². The number of hydrogen-bond donors (Lipinski definition) is 0. The van der Waals surface area contributed by atoms with Crippen LogP contribution in [0.3, 0.4) is 0 Å². The van der Waals surface area contributed by atoms with Crippen molar-refractivity contribution in [3.8, 4) is 17.6 Å². The summed E-state index contributed by atoms with van der Waals surface area (Å²) in [4.78, 5) is 11.7. The summed E-state index contributed by atoms with van der Waals surface area (Å²) in [6.07, 6.45) is 4.48. The van der Waals surface area contributed by atoms with E-state index in [0.717, 1.165) is 0 Å². The molecule has 1 aromatic carbocycles. The summed E-state index contributed by atoms with van der Waals surface area (Å²) in [5.74, 6) is 0.341. The molecule has 0 heterocycles. The lowest BCUT2D eigenvalue weighted by Crippen LogP contribution is -2.06. The molecule has 22 heavy (non-hydrogen) atoms.